The average molecular weight is 441 g/mol. The van der Waals surface area contributed by atoms with Crippen molar-refractivity contribution in [1.29, 1.82) is 0 Å². The van der Waals surface area contributed by atoms with Crippen molar-refractivity contribution >= 4 is 33.2 Å². The Morgan fingerprint density at radius 3 is 2.47 bits per heavy atom. The summed E-state index contributed by atoms with van der Waals surface area (Å²) < 4.78 is 27.7. The molecule has 0 radical (unpaired) electrons. The molecule has 7 heteroatoms. The Kier molecular flexibility index (Phi) is 5.54. The normalized spacial score (nSPS) is 15.7. The SMILES string of the molecule is C[C@H]1Cc2cc(C(=O)NCc3ccc(Cl)cc3)ccc2N1S(=O)(=O)c1ccccc1. The van der Waals surface area contributed by atoms with Gasteiger partial charge in [-0.15, -0.1) is 0 Å². The molecule has 1 aliphatic heterocycles. The summed E-state index contributed by atoms with van der Waals surface area (Å²) in [5.41, 5.74) is 2.93. The molecule has 0 saturated carbocycles. The third-order valence-corrected chi connectivity index (χ3v) is 7.36. The van der Waals surface area contributed by atoms with E-state index in [9.17, 15) is 13.2 Å². The van der Waals surface area contributed by atoms with Gasteiger partial charge in [-0.25, -0.2) is 8.42 Å². The number of rotatable bonds is 5. The maximum absolute atomic E-state index is 13.1. The standard InChI is InChI=1S/C23H21ClN2O3S/c1-16-13-19-14-18(23(27)25-15-17-7-10-20(24)11-8-17)9-12-22(19)26(16)30(28,29)21-5-3-2-4-6-21/h2-12,14,16H,13,15H2,1H3,(H,25,27)/t16-/m0/s1. The highest BCUT2D eigenvalue weighted by Gasteiger charge is 2.36. The molecule has 1 N–H and O–H groups in total. The van der Waals surface area contributed by atoms with Gasteiger partial charge in [-0.2, -0.15) is 0 Å². The second-order valence-corrected chi connectivity index (χ2v) is 9.57. The molecule has 3 aromatic carbocycles. The monoisotopic (exact) mass is 440 g/mol. The molecular formula is C23H21ClN2O3S. The van der Waals surface area contributed by atoms with Crippen LogP contribution >= 0.6 is 11.6 Å². The van der Waals surface area contributed by atoms with E-state index in [0.29, 0.717) is 29.2 Å². The summed E-state index contributed by atoms with van der Waals surface area (Å²) in [5.74, 6) is -0.204. The molecule has 1 amide bonds. The number of fused-ring (bicyclic) bond motifs is 1. The minimum atomic E-state index is -3.66. The molecule has 1 atom stereocenters. The fraction of sp³-hybridized carbons (Fsp3) is 0.174. The third-order valence-electron chi connectivity index (χ3n) is 5.16. The smallest absolute Gasteiger partial charge is 0.264 e. The number of hydrogen-bond donors (Lipinski definition) is 1. The lowest BCUT2D eigenvalue weighted by Gasteiger charge is -2.24. The van der Waals surface area contributed by atoms with Crippen LogP contribution in [0.3, 0.4) is 0 Å². The molecule has 0 unspecified atom stereocenters. The molecule has 0 bridgehead atoms. The fourth-order valence-electron chi connectivity index (χ4n) is 3.70. The van der Waals surface area contributed by atoms with Crippen LogP contribution < -0.4 is 9.62 Å². The van der Waals surface area contributed by atoms with Crippen molar-refractivity contribution in [3.05, 3.63) is 94.5 Å². The highest BCUT2D eigenvalue weighted by Crippen LogP contribution is 2.37. The zero-order chi connectivity index (χ0) is 21.3. The molecule has 5 nitrogen and oxygen atoms in total. The lowest BCUT2D eigenvalue weighted by molar-refractivity contribution is 0.0951. The number of nitrogens with zero attached hydrogens (tertiary/aromatic N) is 1. The number of amides is 1. The second-order valence-electron chi connectivity index (χ2n) is 7.32. The van der Waals surface area contributed by atoms with E-state index in [2.05, 4.69) is 5.32 Å². The third kappa shape index (κ3) is 3.93. The molecule has 0 aliphatic carbocycles. The van der Waals surface area contributed by atoms with E-state index in [1.54, 1.807) is 60.7 Å². The van der Waals surface area contributed by atoms with Gasteiger partial charge in [0.25, 0.3) is 15.9 Å². The number of nitrogens with one attached hydrogen (secondary N) is 1. The van der Waals surface area contributed by atoms with Crippen molar-refractivity contribution in [1.82, 2.24) is 5.32 Å². The maximum Gasteiger partial charge on any atom is 0.264 e. The van der Waals surface area contributed by atoms with Gasteiger partial charge in [-0.3, -0.25) is 9.10 Å². The summed E-state index contributed by atoms with van der Waals surface area (Å²) in [5, 5.41) is 3.54. The van der Waals surface area contributed by atoms with E-state index in [1.165, 1.54) is 4.31 Å². The van der Waals surface area contributed by atoms with Crippen LogP contribution in [-0.2, 0) is 23.0 Å². The number of anilines is 1. The predicted octanol–water partition coefficient (Wildman–Crippen LogP) is 4.41. The van der Waals surface area contributed by atoms with Crippen LogP contribution in [0.1, 0.15) is 28.4 Å². The number of hydrogen-bond acceptors (Lipinski definition) is 3. The fourth-order valence-corrected chi connectivity index (χ4v) is 5.54. The largest absolute Gasteiger partial charge is 0.348 e. The van der Waals surface area contributed by atoms with E-state index in [1.807, 2.05) is 19.1 Å². The summed E-state index contributed by atoms with van der Waals surface area (Å²) in [4.78, 5) is 12.9. The molecule has 154 valence electrons. The molecule has 4 rings (SSSR count). The van der Waals surface area contributed by atoms with Crippen molar-refractivity contribution in [3.63, 3.8) is 0 Å². The van der Waals surface area contributed by atoms with Gasteiger partial charge in [0.1, 0.15) is 0 Å². The van der Waals surface area contributed by atoms with Crippen LogP contribution in [0.4, 0.5) is 5.69 Å². The number of sulfonamides is 1. The number of carbonyl (C=O) groups excluding carboxylic acids is 1. The van der Waals surface area contributed by atoms with Crippen molar-refractivity contribution < 1.29 is 13.2 Å². The van der Waals surface area contributed by atoms with E-state index in [0.717, 1.165) is 11.1 Å². The summed E-state index contributed by atoms with van der Waals surface area (Å²) in [6.07, 6.45) is 0.555. The lowest BCUT2D eigenvalue weighted by Crippen LogP contribution is -2.35. The van der Waals surface area contributed by atoms with Gasteiger partial charge in [0.2, 0.25) is 0 Å². The number of halogens is 1. The topological polar surface area (TPSA) is 66.5 Å². The van der Waals surface area contributed by atoms with E-state index in [4.69, 9.17) is 11.6 Å². The first-order valence-electron chi connectivity index (χ1n) is 9.61. The molecule has 1 heterocycles. The van der Waals surface area contributed by atoms with Gasteiger partial charge in [-0.05, 0) is 66.9 Å². The highest BCUT2D eigenvalue weighted by molar-refractivity contribution is 7.92. The zero-order valence-electron chi connectivity index (χ0n) is 16.4. The first kappa shape index (κ1) is 20.4. The highest BCUT2D eigenvalue weighted by atomic mass is 35.5. The molecule has 1 aliphatic rings. The Morgan fingerprint density at radius 1 is 1.07 bits per heavy atom. The Hall–Kier alpha value is -2.83. The van der Waals surface area contributed by atoms with Crippen LogP contribution in [0.15, 0.2) is 77.7 Å². The van der Waals surface area contributed by atoms with Gasteiger partial charge in [-0.1, -0.05) is 41.9 Å². The summed E-state index contributed by atoms with van der Waals surface area (Å²) in [6.45, 7) is 2.26. The van der Waals surface area contributed by atoms with Crippen molar-refractivity contribution in [2.45, 2.75) is 30.8 Å². The van der Waals surface area contributed by atoms with Gasteiger partial charge in [0.15, 0.2) is 0 Å². The van der Waals surface area contributed by atoms with Crippen LogP contribution in [0.2, 0.25) is 5.02 Å². The van der Waals surface area contributed by atoms with Crippen LogP contribution in [0, 0.1) is 0 Å². The molecule has 0 fully saturated rings. The molecule has 0 aromatic heterocycles. The Morgan fingerprint density at radius 2 is 1.77 bits per heavy atom. The van der Waals surface area contributed by atoms with Crippen LogP contribution in [-0.4, -0.2) is 20.4 Å². The van der Waals surface area contributed by atoms with Crippen molar-refractivity contribution in [2.24, 2.45) is 0 Å². The minimum absolute atomic E-state index is 0.204. The molecule has 3 aromatic rings. The first-order valence-corrected chi connectivity index (χ1v) is 11.4. The van der Waals surface area contributed by atoms with Gasteiger partial charge in [0, 0.05) is 23.2 Å². The lowest BCUT2D eigenvalue weighted by atomic mass is 10.1. The van der Waals surface area contributed by atoms with Crippen LogP contribution in [0.5, 0.6) is 0 Å². The van der Waals surface area contributed by atoms with E-state index in [-0.39, 0.29) is 16.8 Å². The second kappa shape index (κ2) is 8.13. The first-order chi connectivity index (χ1) is 14.4. The number of carbonyl (C=O) groups is 1. The average Bonchev–Trinajstić information content (AvgIpc) is 3.09. The van der Waals surface area contributed by atoms with Gasteiger partial charge in [0.05, 0.1) is 10.6 Å². The summed E-state index contributed by atoms with van der Waals surface area (Å²) >= 11 is 5.88. The van der Waals surface area contributed by atoms with Crippen molar-refractivity contribution in [3.8, 4) is 0 Å². The van der Waals surface area contributed by atoms with Crippen LogP contribution in [0.25, 0.3) is 0 Å². The molecular weight excluding hydrogens is 420 g/mol. The molecule has 0 spiro atoms. The Labute approximate surface area is 181 Å². The molecule has 30 heavy (non-hydrogen) atoms. The maximum atomic E-state index is 13.1. The molecule has 0 saturated heterocycles. The predicted molar refractivity (Wildman–Crippen MR) is 118 cm³/mol. The van der Waals surface area contributed by atoms with Crippen molar-refractivity contribution in [2.75, 3.05) is 4.31 Å². The Bertz CT molecular complexity index is 1180. The van der Waals surface area contributed by atoms with Gasteiger partial charge < -0.3 is 5.32 Å². The Balaban J connectivity index is 1.55. The quantitative estimate of drug-likeness (QED) is 0.639. The zero-order valence-corrected chi connectivity index (χ0v) is 18.0. The van der Waals surface area contributed by atoms with Gasteiger partial charge >= 0.3 is 0 Å². The minimum Gasteiger partial charge on any atom is -0.348 e. The summed E-state index contributed by atoms with van der Waals surface area (Å²) in [6, 6.07) is 20.6. The number of benzene rings is 3. The van der Waals surface area contributed by atoms with E-state index < -0.39 is 10.0 Å². The summed E-state index contributed by atoms with van der Waals surface area (Å²) in [7, 11) is -3.66. The van der Waals surface area contributed by atoms with E-state index >= 15 is 0 Å².